The van der Waals surface area contributed by atoms with Gasteiger partial charge in [0.25, 0.3) is 5.91 Å². The van der Waals surface area contributed by atoms with Crippen molar-refractivity contribution in [3.63, 3.8) is 0 Å². The summed E-state index contributed by atoms with van der Waals surface area (Å²) in [5.74, 6) is 0.0105. The van der Waals surface area contributed by atoms with E-state index in [0.717, 1.165) is 12.5 Å². The van der Waals surface area contributed by atoms with Gasteiger partial charge in [0.1, 0.15) is 0 Å². The van der Waals surface area contributed by atoms with Gasteiger partial charge in [0.05, 0.1) is 5.56 Å². The summed E-state index contributed by atoms with van der Waals surface area (Å²) in [4.78, 5) is 16.5. The van der Waals surface area contributed by atoms with Crippen LogP contribution in [-0.4, -0.2) is 41.9 Å². The predicted octanol–water partition coefficient (Wildman–Crippen LogP) is 4.23. The molecule has 3 rings (SSSR count). The normalized spacial score (nSPS) is 15.8. The van der Waals surface area contributed by atoms with E-state index in [4.69, 9.17) is 0 Å². The lowest BCUT2D eigenvalue weighted by Gasteiger charge is -2.35. The van der Waals surface area contributed by atoms with Gasteiger partial charge in [-0.25, -0.2) is 0 Å². The molecule has 1 saturated heterocycles. The molecule has 0 aliphatic carbocycles. The third kappa shape index (κ3) is 4.89. The largest absolute Gasteiger partial charge is 0.416 e. The first-order chi connectivity index (χ1) is 12.9. The van der Waals surface area contributed by atoms with Crippen molar-refractivity contribution < 1.29 is 18.0 Å². The van der Waals surface area contributed by atoms with Crippen molar-refractivity contribution in [1.29, 1.82) is 0 Å². The SMILES string of the molecule is CCc1ccc(C(=O)N2CCN(Cc3cccc(C(F)(F)F)c3)CC2)cc1. The Bertz CT molecular complexity index is 779. The molecule has 3 nitrogen and oxygen atoms in total. The zero-order valence-corrected chi connectivity index (χ0v) is 15.3. The molecule has 27 heavy (non-hydrogen) atoms. The van der Waals surface area contributed by atoms with Crippen molar-refractivity contribution in [3.05, 3.63) is 70.8 Å². The molecule has 0 aromatic heterocycles. The van der Waals surface area contributed by atoms with Gasteiger partial charge in [0.2, 0.25) is 0 Å². The predicted molar refractivity (Wildman–Crippen MR) is 98.4 cm³/mol. The molecule has 2 aromatic carbocycles. The van der Waals surface area contributed by atoms with Crippen LogP contribution in [0.4, 0.5) is 13.2 Å². The Morgan fingerprint density at radius 1 is 0.963 bits per heavy atom. The van der Waals surface area contributed by atoms with Crippen LogP contribution in [0.15, 0.2) is 48.5 Å². The molecular formula is C21H23F3N2O. The number of alkyl halides is 3. The molecule has 6 heteroatoms. The highest BCUT2D eigenvalue weighted by Crippen LogP contribution is 2.29. The molecule has 0 N–H and O–H groups in total. The first-order valence-electron chi connectivity index (χ1n) is 9.13. The van der Waals surface area contributed by atoms with E-state index in [1.54, 1.807) is 6.07 Å². The van der Waals surface area contributed by atoms with Crippen molar-refractivity contribution in [1.82, 2.24) is 9.80 Å². The maximum absolute atomic E-state index is 12.8. The minimum atomic E-state index is -4.32. The van der Waals surface area contributed by atoms with Gasteiger partial charge >= 0.3 is 6.18 Å². The summed E-state index contributed by atoms with van der Waals surface area (Å²) < 4.78 is 38.5. The number of nitrogens with zero attached hydrogens (tertiary/aromatic N) is 2. The average molecular weight is 376 g/mol. The average Bonchev–Trinajstić information content (AvgIpc) is 2.68. The van der Waals surface area contributed by atoms with Crippen LogP contribution in [0, 0.1) is 0 Å². The number of halogens is 3. The standard InChI is InChI=1S/C21H23F3N2O/c1-2-16-6-8-18(9-7-16)20(27)26-12-10-25(11-13-26)15-17-4-3-5-19(14-17)21(22,23)24/h3-9,14H,2,10-13,15H2,1H3. The number of piperazine rings is 1. The van der Waals surface area contributed by atoms with Crippen LogP contribution in [0.3, 0.4) is 0 Å². The Kier molecular flexibility index (Phi) is 5.85. The van der Waals surface area contributed by atoms with Crippen LogP contribution in [-0.2, 0) is 19.1 Å². The van der Waals surface area contributed by atoms with Crippen molar-refractivity contribution in [3.8, 4) is 0 Å². The Balaban J connectivity index is 1.56. The summed E-state index contributed by atoms with van der Waals surface area (Å²) in [6, 6.07) is 13.1. The molecule has 144 valence electrons. The van der Waals surface area contributed by atoms with Gasteiger partial charge in [0, 0.05) is 38.3 Å². The first kappa shape index (κ1) is 19.4. The second kappa shape index (κ2) is 8.13. The van der Waals surface area contributed by atoms with E-state index in [-0.39, 0.29) is 5.91 Å². The summed E-state index contributed by atoms with van der Waals surface area (Å²) in [7, 11) is 0. The van der Waals surface area contributed by atoms with Crippen LogP contribution in [0.5, 0.6) is 0 Å². The quantitative estimate of drug-likeness (QED) is 0.797. The fourth-order valence-electron chi connectivity index (χ4n) is 3.28. The molecule has 0 bridgehead atoms. The summed E-state index contributed by atoms with van der Waals surface area (Å²) >= 11 is 0. The minimum Gasteiger partial charge on any atom is -0.336 e. The van der Waals surface area contributed by atoms with Crippen molar-refractivity contribution >= 4 is 5.91 Å². The molecule has 0 spiro atoms. The van der Waals surface area contributed by atoms with Crippen LogP contribution < -0.4 is 0 Å². The van der Waals surface area contributed by atoms with Crippen LogP contribution in [0.25, 0.3) is 0 Å². The summed E-state index contributed by atoms with van der Waals surface area (Å²) in [6.45, 7) is 4.97. The van der Waals surface area contributed by atoms with Gasteiger partial charge in [-0.1, -0.05) is 37.3 Å². The number of hydrogen-bond acceptors (Lipinski definition) is 2. The molecule has 0 radical (unpaired) electrons. The molecule has 2 aromatic rings. The molecule has 0 unspecified atom stereocenters. The fourth-order valence-corrected chi connectivity index (χ4v) is 3.28. The number of hydrogen-bond donors (Lipinski definition) is 0. The summed E-state index contributed by atoms with van der Waals surface area (Å²) in [5.41, 5.74) is 1.89. The highest BCUT2D eigenvalue weighted by atomic mass is 19.4. The topological polar surface area (TPSA) is 23.6 Å². The van der Waals surface area contributed by atoms with Crippen molar-refractivity contribution in [2.45, 2.75) is 26.1 Å². The number of rotatable bonds is 4. The molecule has 1 aliphatic heterocycles. The third-order valence-corrected chi connectivity index (χ3v) is 4.93. The minimum absolute atomic E-state index is 0.0105. The second-order valence-corrected chi connectivity index (χ2v) is 6.82. The number of carbonyl (C=O) groups is 1. The third-order valence-electron chi connectivity index (χ3n) is 4.93. The lowest BCUT2D eigenvalue weighted by atomic mass is 10.1. The zero-order chi connectivity index (χ0) is 19.4. The fraction of sp³-hybridized carbons (Fsp3) is 0.381. The molecule has 1 aliphatic rings. The Labute approximate surface area is 157 Å². The van der Waals surface area contributed by atoms with E-state index in [0.29, 0.717) is 43.9 Å². The van der Waals surface area contributed by atoms with Gasteiger partial charge in [-0.15, -0.1) is 0 Å². The smallest absolute Gasteiger partial charge is 0.336 e. The molecule has 0 atom stereocenters. The van der Waals surface area contributed by atoms with Crippen molar-refractivity contribution in [2.75, 3.05) is 26.2 Å². The second-order valence-electron chi connectivity index (χ2n) is 6.82. The molecule has 1 fully saturated rings. The number of benzene rings is 2. The summed E-state index contributed by atoms with van der Waals surface area (Å²) in [6.07, 6.45) is -3.39. The maximum atomic E-state index is 12.8. The molecule has 1 amide bonds. The maximum Gasteiger partial charge on any atom is 0.416 e. The Morgan fingerprint density at radius 2 is 1.63 bits per heavy atom. The van der Waals surface area contributed by atoms with Crippen molar-refractivity contribution in [2.24, 2.45) is 0 Å². The van der Waals surface area contributed by atoms with E-state index in [1.807, 2.05) is 29.2 Å². The number of aryl methyl sites for hydroxylation is 1. The van der Waals surface area contributed by atoms with Gasteiger partial charge in [-0.3, -0.25) is 9.69 Å². The monoisotopic (exact) mass is 376 g/mol. The van der Waals surface area contributed by atoms with Gasteiger partial charge < -0.3 is 4.90 Å². The summed E-state index contributed by atoms with van der Waals surface area (Å²) in [5, 5.41) is 0. The Hall–Kier alpha value is -2.34. The van der Waals surface area contributed by atoms with Crippen LogP contribution >= 0.6 is 0 Å². The van der Waals surface area contributed by atoms with E-state index in [1.165, 1.54) is 17.7 Å². The van der Waals surface area contributed by atoms with E-state index in [9.17, 15) is 18.0 Å². The highest BCUT2D eigenvalue weighted by molar-refractivity contribution is 5.94. The molecule has 0 saturated carbocycles. The number of amides is 1. The highest BCUT2D eigenvalue weighted by Gasteiger charge is 2.30. The Morgan fingerprint density at radius 3 is 2.22 bits per heavy atom. The van der Waals surface area contributed by atoms with E-state index >= 15 is 0 Å². The van der Waals surface area contributed by atoms with E-state index in [2.05, 4.69) is 11.8 Å². The molecule has 1 heterocycles. The van der Waals surface area contributed by atoms with Gasteiger partial charge in [-0.2, -0.15) is 13.2 Å². The van der Waals surface area contributed by atoms with Gasteiger partial charge in [0.15, 0.2) is 0 Å². The van der Waals surface area contributed by atoms with Crippen LogP contribution in [0.1, 0.15) is 34.0 Å². The lowest BCUT2D eigenvalue weighted by molar-refractivity contribution is -0.137. The van der Waals surface area contributed by atoms with Crippen LogP contribution in [0.2, 0.25) is 0 Å². The van der Waals surface area contributed by atoms with E-state index < -0.39 is 11.7 Å². The number of carbonyl (C=O) groups excluding carboxylic acids is 1. The first-order valence-corrected chi connectivity index (χ1v) is 9.13. The zero-order valence-electron chi connectivity index (χ0n) is 15.3. The molecular weight excluding hydrogens is 353 g/mol. The van der Waals surface area contributed by atoms with Gasteiger partial charge in [-0.05, 0) is 35.7 Å². The lowest BCUT2D eigenvalue weighted by Crippen LogP contribution is -2.48.